The molecule has 0 saturated carbocycles. The molecule has 28 heavy (non-hydrogen) atoms. The van der Waals surface area contributed by atoms with Crippen LogP contribution >= 0.6 is 0 Å². The van der Waals surface area contributed by atoms with Crippen molar-refractivity contribution in [3.63, 3.8) is 0 Å². The van der Waals surface area contributed by atoms with Crippen LogP contribution in [0.2, 0.25) is 0 Å². The number of hydrogen-bond acceptors (Lipinski definition) is 6. The molecular formula is C20H20N4O4. The lowest BCUT2D eigenvalue weighted by Crippen LogP contribution is -2.30. The normalized spacial score (nSPS) is 10.7. The molecular weight excluding hydrogens is 360 g/mol. The number of para-hydroxylation sites is 1. The first-order chi connectivity index (χ1) is 13.4. The second-order valence-electron chi connectivity index (χ2n) is 6.32. The van der Waals surface area contributed by atoms with Gasteiger partial charge in [-0.3, -0.25) is 15.0 Å². The van der Waals surface area contributed by atoms with Crippen molar-refractivity contribution in [2.45, 2.75) is 20.0 Å². The van der Waals surface area contributed by atoms with E-state index in [9.17, 15) is 9.59 Å². The molecule has 8 nitrogen and oxygen atoms in total. The second kappa shape index (κ2) is 7.93. The van der Waals surface area contributed by atoms with Crippen LogP contribution in [0.5, 0.6) is 5.75 Å². The summed E-state index contributed by atoms with van der Waals surface area (Å²) in [7, 11) is 0. The zero-order chi connectivity index (χ0) is 20.3. The summed E-state index contributed by atoms with van der Waals surface area (Å²) >= 11 is 0. The summed E-state index contributed by atoms with van der Waals surface area (Å²) in [4.78, 5) is 24.9. The Balaban J connectivity index is 1.93. The average Bonchev–Trinajstić information content (AvgIpc) is 2.67. The van der Waals surface area contributed by atoms with E-state index in [1.54, 1.807) is 42.5 Å². The largest absolute Gasteiger partial charge is 0.491 e. The van der Waals surface area contributed by atoms with Gasteiger partial charge < -0.3 is 19.9 Å². The number of benzene rings is 2. The van der Waals surface area contributed by atoms with Gasteiger partial charge in [-0.1, -0.05) is 6.07 Å². The highest BCUT2D eigenvalue weighted by molar-refractivity contribution is 6.08. The number of fused-ring (bicyclic) bond motifs is 1. The predicted molar refractivity (Wildman–Crippen MR) is 107 cm³/mol. The number of nitrogens with two attached hydrogens (primary N) is 1. The van der Waals surface area contributed by atoms with Gasteiger partial charge in [0, 0.05) is 11.6 Å². The maximum atomic E-state index is 12.6. The molecule has 0 atom stereocenters. The Bertz CT molecular complexity index is 1090. The van der Waals surface area contributed by atoms with Crippen LogP contribution in [-0.2, 0) is 0 Å². The highest BCUT2D eigenvalue weighted by Gasteiger charge is 2.14. The van der Waals surface area contributed by atoms with Crippen molar-refractivity contribution >= 4 is 28.4 Å². The van der Waals surface area contributed by atoms with Crippen LogP contribution in [0.3, 0.4) is 0 Å². The molecule has 0 spiro atoms. The molecule has 3 aromatic rings. The molecule has 1 heterocycles. The number of carbonyl (C=O) groups is 1. The Hall–Kier alpha value is -3.65. The lowest BCUT2D eigenvalue weighted by Gasteiger charge is -2.11. The van der Waals surface area contributed by atoms with Crippen molar-refractivity contribution in [2.24, 2.45) is 5.84 Å². The quantitative estimate of drug-likeness (QED) is 0.233. The number of carbonyl (C=O) groups excluding carboxylic acids is 1. The fourth-order valence-corrected chi connectivity index (χ4v) is 2.62. The monoisotopic (exact) mass is 380 g/mol. The van der Waals surface area contributed by atoms with Gasteiger partial charge in [0.25, 0.3) is 5.91 Å². The first-order valence-electron chi connectivity index (χ1n) is 8.59. The fraction of sp³-hybridized carbons (Fsp3) is 0.150. The molecule has 0 bridgehead atoms. The Morgan fingerprint density at radius 2 is 1.89 bits per heavy atom. The van der Waals surface area contributed by atoms with Gasteiger partial charge in [0.05, 0.1) is 17.2 Å². The van der Waals surface area contributed by atoms with Gasteiger partial charge in [0.15, 0.2) is 22.6 Å². The van der Waals surface area contributed by atoms with Gasteiger partial charge in [0.1, 0.15) is 5.75 Å². The van der Waals surface area contributed by atoms with Crippen LogP contribution in [0.4, 0.5) is 5.69 Å². The number of hydrogen-bond donors (Lipinski definition) is 4. The van der Waals surface area contributed by atoms with Gasteiger partial charge >= 0.3 is 0 Å². The van der Waals surface area contributed by atoms with Gasteiger partial charge in [-0.25, -0.2) is 5.84 Å². The highest BCUT2D eigenvalue weighted by atomic mass is 16.5. The molecule has 0 unspecified atom stereocenters. The van der Waals surface area contributed by atoms with Crippen molar-refractivity contribution in [1.29, 1.82) is 5.41 Å². The Morgan fingerprint density at radius 3 is 2.54 bits per heavy atom. The van der Waals surface area contributed by atoms with Crippen LogP contribution in [0, 0.1) is 5.41 Å². The number of amides is 1. The zero-order valence-corrected chi connectivity index (χ0v) is 15.4. The Morgan fingerprint density at radius 1 is 1.18 bits per heavy atom. The van der Waals surface area contributed by atoms with Gasteiger partial charge in [0.2, 0.25) is 0 Å². The topological polar surface area (TPSA) is 130 Å². The molecule has 0 aliphatic carbocycles. The molecule has 0 radical (unpaired) electrons. The summed E-state index contributed by atoms with van der Waals surface area (Å²) < 4.78 is 11.2. The van der Waals surface area contributed by atoms with E-state index in [-0.39, 0.29) is 40.0 Å². The van der Waals surface area contributed by atoms with E-state index in [0.29, 0.717) is 17.0 Å². The van der Waals surface area contributed by atoms with Crippen molar-refractivity contribution in [3.8, 4) is 5.75 Å². The maximum Gasteiger partial charge on any atom is 0.255 e. The molecule has 5 N–H and O–H groups in total. The number of nitrogens with one attached hydrogen (secondary N) is 3. The van der Waals surface area contributed by atoms with Crippen molar-refractivity contribution < 1.29 is 13.9 Å². The molecule has 0 aliphatic heterocycles. The van der Waals surface area contributed by atoms with Crippen LogP contribution in [-0.4, -0.2) is 17.8 Å². The molecule has 3 rings (SSSR count). The van der Waals surface area contributed by atoms with E-state index in [1.807, 2.05) is 13.8 Å². The molecule has 0 saturated heterocycles. The summed E-state index contributed by atoms with van der Waals surface area (Å²) in [5, 5.41) is 10.7. The van der Waals surface area contributed by atoms with E-state index in [0.717, 1.165) is 0 Å². The minimum Gasteiger partial charge on any atom is -0.491 e. The third-order valence-electron chi connectivity index (χ3n) is 3.88. The first-order valence-corrected chi connectivity index (χ1v) is 8.59. The minimum absolute atomic E-state index is 0.0307. The number of rotatable bonds is 5. The van der Waals surface area contributed by atoms with Crippen molar-refractivity contribution in [2.75, 3.05) is 5.32 Å². The first kappa shape index (κ1) is 19.1. The molecule has 8 heteroatoms. The summed E-state index contributed by atoms with van der Waals surface area (Å²) in [5.74, 6) is 5.23. The SMILES string of the molecule is CC(C)Oc1ccc(C(=O)Nc2cccc3c(=O)cc(C(=N)NN)oc23)cc1. The molecule has 1 amide bonds. The third-order valence-corrected chi connectivity index (χ3v) is 3.88. The van der Waals surface area contributed by atoms with Gasteiger partial charge in [-0.05, 0) is 50.2 Å². The van der Waals surface area contributed by atoms with Crippen molar-refractivity contribution in [3.05, 3.63) is 70.1 Å². The molecule has 144 valence electrons. The van der Waals surface area contributed by atoms with E-state index in [4.69, 9.17) is 20.4 Å². The van der Waals surface area contributed by atoms with Crippen molar-refractivity contribution in [1.82, 2.24) is 5.43 Å². The van der Waals surface area contributed by atoms with Gasteiger partial charge in [-0.15, -0.1) is 0 Å². The Kier molecular flexibility index (Phi) is 5.42. The highest BCUT2D eigenvalue weighted by Crippen LogP contribution is 2.23. The maximum absolute atomic E-state index is 12.6. The Labute approximate surface area is 160 Å². The lowest BCUT2D eigenvalue weighted by molar-refractivity contribution is 0.102. The standard InChI is InChI=1S/C20H20N4O4/c1-11(2)27-13-8-6-12(7-9-13)20(26)23-15-5-3-4-14-16(25)10-17(19(21)24-22)28-18(14)15/h3-11H,22H2,1-2H3,(H2,21,24)(H,23,26). The van der Waals surface area contributed by atoms with Crippen LogP contribution < -0.4 is 26.8 Å². The number of anilines is 1. The molecule has 0 aliphatic rings. The van der Waals surface area contributed by atoms with Crippen LogP contribution in [0.25, 0.3) is 11.0 Å². The van der Waals surface area contributed by atoms with Crippen LogP contribution in [0.15, 0.2) is 57.7 Å². The van der Waals surface area contributed by atoms with Crippen LogP contribution in [0.1, 0.15) is 30.0 Å². The fourth-order valence-electron chi connectivity index (χ4n) is 2.62. The molecule has 0 fully saturated rings. The third kappa shape index (κ3) is 4.02. The minimum atomic E-state index is -0.372. The average molecular weight is 380 g/mol. The molecule has 1 aromatic heterocycles. The number of ether oxygens (including phenoxy) is 1. The van der Waals surface area contributed by atoms with E-state index >= 15 is 0 Å². The number of hydrazine groups is 1. The summed E-state index contributed by atoms with van der Waals surface area (Å²) in [6.45, 7) is 3.84. The zero-order valence-electron chi connectivity index (χ0n) is 15.4. The number of amidine groups is 1. The van der Waals surface area contributed by atoms with E-state index in [2.05, 4.69) is 10.7 Å². The molecule has 2 aromatic carbocycles. The smallest absolute Gasteiger partial charge is 0.255 e. The van der Waals surface area contributed by atoms with E-state index < -0.39 is 0 Å². The summed E-state index contributed by atoms with van der Waals surface area (Å²) in [5.41, 5.74) is 2.68. The van der Waals surface area contributed by atoms with Gasteiger partial charge in [-0.2, -0.15) is 0 Å². The van der Waals surface area contributed by atoms with E-state index in [1.165, 1.54) is 6.07 Å². The summed E-state index contributed by atoms with van der Waals surface area (Å²) in [6, 6.07) is 12.7. The summed E-state index contributed by atoms with van der Waals surface area (Å²) in [6.07, 6.45) is 0.0363. The second-order valence-corrected chi connectivity index (χ2v) is 6.32. The lowest BCUT2D eigenvalue weighted by atomic mass is 10.1. The predicted octanol–water partition coefficient (Wildman–Crippen LogP) is 2.62.